The van der Waals surface area contributed by atoms with Crippen molar-refractivity contribution in [1.29, 1.82) is 0 Å². The van der Waals surface area contributed by atoms with Crippen LogP contribution in [0.15, 0.2) is 0 Å². The zero-order valence-corrected chi connectivity index (χ0v) is 10.3. The lowest BCUT2D eigenvalue weighted by Gasteiger charge is -2.32. The van der Waals surface area contributed by atoms with Crippen LogP contribution in [-0.2, 0) is 0 Å². The van der Waals surface area contributed by atoms with E-state index in [1.54, 1.807) is 0 Å². The predicted molar refractivity (Wildman–Crippen MR) is 61.9 cm³/mol. The van der Waals surface area contributed by atoms with Gasteiger partial charge in [0.2, 0.25) is 0 Å². The molecule has 15 heavy (non-hydrogen) atoms. The molecular formula is C11H23N3O. The van der Waals surface area contributed by atoms with Gasteiger partial charge >= 0.3 is 6.03 Å². The molecule has 1 aliphatic rings. The van der Waals surface area contributed by atoms with Crippen molar-refractivity contribution in [2.75, 3.05) is 26.2 Å². The predicted octanol–water partition coefficient (Wildman–Crippen LogP) is 1.04. The molecule has 88 valence electrons. The van der Waals surface area contributed by atoms with E-state index >= 15 is 0 Å². The fourth-order valence-electron chi connectivity index (χ4n) is 1.85. The Morgan fingerprint density at radius 2 is 2.27 bits per heavy atom. The Balaban J connectivity index is 2.48. The van der Waals surface area contributed by atoms with Crippen molar-refractivity contribution in [2.45, 2.75) is 33.7 Å². The van der Waals surface area contributed by atoms with E-state index in [0.717, 1.165) is 26.2 Å². The minimum atomic E-state index is 0.0760. The van der Waals surface area contributed by atoms with Crippen molar-refractivity contribution in [2.24, 2.45) is 5.41 Å². The van der Waals surface area contributed by atoms with Gasteiger partial charge in [-0.25, -0.2) is 4.79 Å². The smallest absolute Gasteiger partial charge is 0.317 e. The monoisotopic (exact) mass is 213 g/mol. The maximum atomic E-state index is 11.5. The van der Waals surface area contributed by atoms with Crippen LogP contribution >= 0.6 is 0 Å². The summed E-state index contributed by atoms with van der Waals surface area (Å²) < 4.78 is 0. The van der Waals surface area contributed by atoms with Gasteiger partial charge in [-0.1, -0.05) is 20.8 Å². The number of nitrogens with zero attached hydrogens (tertiary/aromatic N) is 1. The first-order chi connectivity index (χ1) is 6.96. The Hall–Kier alpha value is -0.770. The van der Waals surface area contributed by atoms with E-state index in [9.17, 15) is 4.79 Å². The summed E-state index contributed by atoms with van der Waals surface area (Å²) >= 11 is 0. The second-order valence-electron chi connectivity index (χ2n) is 5.11. The molecule has 0 radical (unpaired) electrons. The molecule has 0 spiro atoms. The Morgan fingerprint density at radius 1 is 1.60 bits per heavy atom. The molecule has 0 saturated carbocycles. The van der Waals surface area contributed by atoms with Crippen molar-refractivity contribution in [3.8, 4) is 0 Å². The van der Waals surface area contributed by atoms with Crippen LogP contribution in [-0.4, -0.2) is 43.2 Å². The molecule has 0 aromatic carbocycles. The van der Waals surface area contributed by atoms with Crippen LogP contribution in [0.5, 0.6) is 0 Å². The third-order valence-corrected chi connectivity index (χ3v) is 2.79. The summed E-state index contributed by atoms with van der Waals surface area (Å²) in [5.41, 5.74) is 0.131. The molecule has 1 heterocycles. The molecule has 0 aliphatic carbocycles. The number of nitrogens with one attached hydrogen (secondary N) is 2. The van der Waals surface area contributed by atoms with Crippen molar-refractivity contribution < 1.29 is 4.79 Å². The zero-order chi connectivity index (χ0) is 11.5. The second kappa shape index (κ2) is 4.84. The Morgan fingerprint density at radius 3 is 2.73 bits per heavy atom. The van der Waals surface area contributed by atoms with E-state index in [-0.39, 0.29) is 11.4 Å². The van der Waals surface area contributed by atoms with Gasteiger partial charge in [-0.15, -0.1) is 0 Å². The van der Waals surface area contributed by atoms with E-state index in [4.69, 9.17) is 0 Å². The third-order valence-electron chi connectivity index (χ3n) is 2.79. The highest BCUT2D eigenvalue weighted by atomic mass is 16.2. The molecular weight excluding hydrogens is 190 g/mol. The Bertz CT molecular complexity index is 228. The first-order valence-corrected chi connectivity index (χ1v) is 5.71. The number of carbonyl (C=O) groups excluding carboxylic acids is 1. The molecule has 1 saturated heterocycles. The highest BCUT2D eigenvalue weighted by Gasteiger charge is 2.31. The van der Waals surface area contributed by atoms with E-state index in [1.807, 2.05) is 4.90 Å². The van der Waals surface area contributed by atoms with Crippen LogP contribution in [0.25, 0.3) is 0 Å². The summed E-state index contributed by atoms with van der Waals surface area (Å²) in [5.74, 6) is 0. The van der Waals surface area contributed by atoms with E-state index in [0.29, 0.717) is 6.04 Å². The fourth-order valence-corrected chi connectivity index (χ4v) is 1.85. The van der Waals surface area contributed by atoms with Gasteiger partial charge in [0.15, 0.2) is 0 Å². The molecule has 1 atom stereocenters. The standard InChI is InChI=1S/C11H23N3O/c1-5-12-7-11(3,4)8-14-9(2)6-13-10(14)15/h9,12H,5-8H2,1-4H3,(H,13,15). The van der Waals surface area contributed by atoms with Crippen molar-refractivity contribution >= 4 is 6.03 Å². The molecule has 2 amide bonds. The molecule has 1 unspecified atom stereocenters. The second-order valence-corrected chi connectivity index (χ2v) is 5.11. The van der Waals surface area contributed by atoms with Gasteiger partial charge in [0, 0.05) is 25.7 Å². The van der Waals surface area contributed by atoms with Crippen LogP contribution in [0.3, 0.4) is 0 Å². The van der Waals surface area contributed by atoms with Gasteiger partial charge in [-0.3, -0.25) is 0 Å². The normalized spacial score (nSPS) is 22.0. The lowest BCUT2D eigenvalue weighted by molar-refractivity contribution is 0.169. The summed E-state index contributed by atoms with van der Waals surface area (Å²) in [6, 6.07) is 0.394. The van der Waals surface area contributed by atoms with Crippen LogP contribution in [0.2, 0.25) is 0 Å². The van der Waals surface area contributed by atoms with Gasteiger partial charge < -0.3 is 15.5 Å². The van der Waals surface area contributed by atoms with Crippen molar-refractivity contribution in [1.82, 2.24) is 15.5 Å². The number of amides is 2. The first-order valence-electron chi connectivity index (χ1n) is 5.71. The number of hydrogen-bond acceptors (Lipinski definition) is 2. The van der Waals surface area contributed by atoms with E-state index < -0.39 is 0 Å². The minimum absolute atomic E-state index is 0.0760. The maximum Gasteiger partial charge on any atom is 0.317 e. The Labute approximate surface area is 92.4 Å². The molecule has 0 aromatic heterocycles. The summed E-state index contributed by atoms with van der Waals surface area (Å²) in [6.45, 7) is 12.1. The number of carbonyl (C=O) groups is 1. The quantitative estimate of drug-likeness (QED) is 0.716. The summed E-state index contributed by atoms with van der Waals surface area (Å²) in [4.78, 5) is 13.5. The van der Waals surface area contributed by atoms with Crippen LogP contribution < -0.4 is 10.6 Å². The van der Waals surface area contributed by atoms with E-state index in [2.05, 4.69) is 38.3 Å². The minimum Gasteiger partial charge on any atom is -0.336 e. The molecule has 0 aromatic rings. The highest BCUT2D eigenvalue weighted by molar-refractivity contribution is 5.76. The van der Waals surface area contributed by atoms with Gasteiger partial charge in [-0.05, 0) is 18.9 Å². The van der Waals surface area contributed by atoms with Crippen molar-refractivity contribution in [3.63, 3.8) is 0 Å². The largest absolute Gasteiger partial charge is 0.336 e. The molecule has 1 fully saturated rings. The number of rotatable bonds is 5. The maximum absolute atomic E-state index is 11.5. The van der Waals surface area contributed by atoms with Gasteiger partial charge in [0.05, 0.1) is 0 Å². The SMILES string of the molecule is CCNCC(C)(C)CN1C(=O)NCC1C. The average Bonchev–Trinajstić information content (AvgIpc) is 2.46. The number of urea groups is 1. The molecule has 2 N–H and O–H groups in total. The molecule has 1 aliphatic heterocycles. The molecule has 4 heteroatoms. The first kappa shape index (κ1) is 12.3. The van der Waals surface area contributed by atoms with Gasteiger partial charge in [-0.2, -0.15) is 0 Å². The average molecular weight is 213 g/mol. The zero-order valence-electron chi connectivity index (χ0n) is 10.3. The topological polar surface area (TPSA) is 44.4 Å². The summed E-state index contributed by atoms with van der Waals surface area (Å²) in [5, 5.41) is 6.20. The summed E-state index contributed by atoms with van der Waals surface area (Å²) in [6.07, 6.45) is 0. The lowest BCUT2D eigenvalue weighted by Crippen LogP contribution is -2.44. The van der Waals surface area contributed by atoms with Crippen LogP contribution in [0, 0.1) is 5.41 Å². The fraction of sp³-hybridized carbons (Fsp3) is 0.909. The third kappa shape index (κ3) is 3.38. The molecule has 1 rings (SSSR count). The van der Waals surface area contributed by atoms with Gasteiger partial charge in [0.1, 0.15) is 0 Å². The lowest BCUT2D eigenvalue weighted by atomic mass is 9.92. The summed E-state index contributed by atoms with van der Waals surface area (Å²) in [7, 11) is 0. The molecule has 0 bridgehead atoms. The van der Waals surface area contributed by atoms with Crippen molar-refractivity contribution in [3.05, 3.63) is 0 Å². The van der Waals surface area contributed by atoms with E-state index in [1.165, 1.54) is 0 Å². The highest BCUT2D eigenvalue weighted by Crippen LogP contribution is 2.19. The van der Waals surface area contributed by atoms with Crippen LogP contribution in [0.4, 0.5) is 4.79 Å². The number of hydrogen-bond donors (Lipinski definition) is 2. The van der Waals surface area contributed by atoms with Gasteiger partial charge in [0.25, 0.3) is 0 Å². The Kier molecular flexibility index (Phi) is 3.97. The molecule has 4 nitrogen and oxygen atoms in total. The van der Waals surface area contributed by atoms with Crippen LogP contribution in [0.1, 0.15) is 27.7 Å².